The van der Waals surface area contributed by atoms with Crippen LogP contribution in [-0.2, 0) is 4.79 Å². The summed E-state index contributed by atoms with van der Waals surface area (Å²) in [6, 6.07) is 3.30. The van der Waals surface area contributed by atoms with E-state index < -0.39 is 37.1 Å². The summed E-state index contributed by atoms with van der Waals surface area (Å²) in [7, 11) is 0. The smallest absolute Gasteiger partial charge is 0.405 e. The van der Waals surface area contributed by atoms with Crippen LogP contribution in [0.4, 0.5) is 17.6 Å². The molecular formula is C12H14F4N2O2. The summed E-state index contributed by atoms with van der Waals surface area (Å²) in [6.45, 7) is -0.468. The maximum absolute atomic E-state index is 13.5. The minimum absolute atomic E-state index is 0.0362. The van der Waals surface area contributed by atoms with Crippen LogP contribution >= 0.6 is 0 Å². The van der Waals surface area contributed by atoms with Crippen molar-refractivity contribution in [1.82, 2.24) is 5.32 Å². The summed E-state index contributed by atoms with van der Waals surface area (Å²) in [5.74, 6) is -1.51. The summed E-state index contributed by atoms with van der Waals surface area (Å²) in [6.07, 6.45) is -4.49. The van der Waals surface area contributed by atoms with Crippen molar-refractivity contribution in [1.29, 1.82) is 0 Å². The molecule has 1 unspecified atom stereocenters. The number of nitrogens with two attached hydrogens (primary N) is 1. The Morgan fingerprint density at radius 3 is 2.60 bits per heavy atom. The molecule has 1 aromatic rings. The maximum Gasteiger partial charge on any atom is 0.405 e. The van der Waals surface area contributed by atoms with Gasteiger partial charge in [0.2, 0.25) is 0 Å². The monoisotopic (exact) mass is 294 g/mol. The molecule has 1 rings (SSSR count). The van der Waals surface area contributed by atoms with Crippen LogP contribution in [0.1, 0.15) is 18.5 Å². The standard InChI is InChI=1S/C12H14F4N2O2/c1-7(17)9-3-2-8(4-10(9)13)20-5-11(19)18-6-12(14,15)16/h2-4,7H,5-6,17H2,1H3,(H,18,19). The van der Waals surface area contributed by atoms with Gasteiger partial charge in [0.05, 0.1) is 0 Å². The second kappa shape index (κ2) is 6.56. The summed E-state index contributed by atoms with van der Waals surface area (Å²) in [4.78, 5) is 11.1. The first-order valence-corrected chi connectivity index (χ1v) is 5.70. The minimum atomic E-state index is -4.49. The molecule has 0 aliphatic rings. The van der Waals surface area contributed by atoms with Crippen molar-refractivity contribution >= 4 is 5.91 Å². The average molecular weight is 294 g/mol. The van der Waals surface area contributed by atoms with Crippen molar-refractivity contribution in [2.75, 3.05) is 13.2 Å². The molecule has 20 heavy (non-hydrogen) atoms. The Kier molecular flexibility index (Phi) is 5.32. The van der Waals surface area contributed by atoms with Crippen molar-refractivity contribution in [3.63, 3.8) is 0 Å². The summed E-state index contributed by atoms with van der Waals surface area (Å²) < 4.78 is 53.9. The molecule has 8 heteroatoms. The van der Waals surface area contributed by atoms with E-state index in [4.69, 9.17) is 10.5 Å². The van der Waals surface area contributed by atoms with Crippen LogP contribution in [-0.4, -0.2) is 25.2 Å². The van der Waals surface area contributed by atoms with Gasteiger partial charge < -0.3 is 15.8 Å². The number of benzene rings is 1. The van der Waals surface area contributed by atoms with Gasteiger partial charge in [-0.2, -0.15) is 13.2 Å². The fourth-order valence-electron chi connectivity index (χ4n) is 1.37. The van der Waals surface area contributed by atoms with Crippen molar-refractivity contribution in [2.45, 2.75) is 19.1 Å². The number of ether oxygens (including phenoxy) is 1. The van der Waals surface area contributed by atoms with Crippen molar-refractivity contribution < 1.29 is 27.1 Å². The van der Waals surface area contributed by atoms with E-state index in [1.54, 1.807) is 12.2 Å². The highest BCUT2D eigenvalue weighted by Crippen LogP contribution is 2.20. The topological polar surface area (TPSA) is 64.3 Å². The molecule has 0 bridgehead atoms. The number of carbonyl (C=O) groups excluding carboxylic acids is 1. The molecule has 0 saturated carbocycles. The fourth-order valence-corrected chi connectivity index (χ4v) is 1.37. The van der Waals surface area contributed by atoms with Gasteiger partial charge in [0.1, 0.15) is 18.1 Å². The molecule has 1 aromatic carbocycles. The van der Waals surface area contributed by atoms with E-state index in [-0.39, 0.29) is 11.3 Å². The van der Waals surface area contributed by atoms with Crippen LogP contribution in [0.15, 0.2) is 18.2 Å². The third-order valence-corrected chi connectivity index (χ3v) is 2.32. The molecular weight excluding hydrogens is 280 g/mol. The first-order valence-electron chi connectivity index (χ1n) is 5.70. The summed E-state index contributed by atoms with van der Waals surface area (Å²) in [5.41, 5.74) is 5.79. The van der Waals surface area contributed by atoms with Gasteiger partial charge in [-0.1, -0.05) is 6.07 Å². The van der Waals surface area contributed by atoms with Crippen molar-refractivity contribution in [3.05, 3.63) is 29.6 Å². The van der Waals surface area contributed by atoms with E-state index in [1.807, 2.05) is 0 Å². The van der Waals surface area contributed by atoms with E-state index in [1.165, 1.54) is 12.1 Å². The fraction of sp³-hybridized carbons (Fsp3) is 0.417. The number of carbonyl (C=O) groups is 1. The SMILES string of the molecule is CC(N)c1ccc(OCC(=O)NCC(F)(F)F)cc1F. The molecule has 0 saturated heterocycles. The Bertz CT molecular complexity index is 475. The zero-order chi connectivity index (χ0) is 15.3. The van der Waals surface area contributed by atoms with Gasteiger partial charge in [0.25, 0.3) is 5.91 Å². The quantitative estimate of drug-likeness (QED) is 0.815. The van der Waals surface area contributed by atoms with Crippen LogP contribution in [0.3, 0.4) is 0 Å². The van der Waals surface area contributed by atoms with E-state index in [0.29, 0.717) is 0 Å². The first-order chi connectivity index (χ1) is 9.19. The second-order valence-corrected chi connectivity index (χ2v) is 4.15. The number of rotatable bonds is 5. The Morgan fingerprint density at radius 2 is 2.10 bits per heavy atom. The van der Waals surface area contributed by atoms with Gasteiger partial charge in [0, 0.05) is 17.7 Å². The molecule has 3 N–H and O–H groups in total. The van der Waals surface area contributed by atoms with E-state index in [0.717, 1.165) is 6.07 Å². The van der Waals surface area contributed by atoms with Gasteiger partial charge in [-0.25, -0.2) is 4.39 Å². The van der Waals surface area contributed by atoms with Crippen molar-refractivity contribution in [2.24, 2.45) is 5.73 Å². The molecule has 112 valence electrons. The second-order valence-electron chi connectivity index (χ2n) is 4.15. The third kappa shape index (κ3) is 5.43. The highest BCUT2D eigenvalue weighted by atomic mass is 19.4. The number of nitrogens with one attached hydrogen (secondary N) is 1. The number of amides is 1. The zero-order valence-corrected chi connectivity index (χ0v) is 10.6. The normalized spacial score (nSPS) is 12.9. The lowest BCUT2D eigenvalue weighted by atomic mass is 10.1. The van der Waals surface area contributed by atoms with Crippen LogP contribution < -0.4 is 15.8 Å². The average Bonchev–Trinajstić information content (AvgIpc) is 2.32. The lowest BCUT2D eigenvalue weighted by Crippen LogP contribution is -2.36. The van der Waals surface area contributed by atoms with Crippen LogP contribution in [0, 0.1) is 5.82 Å². The van der Waals surface area contributed by atoms with Gasteiger partial charge >= 0.3 is 6.18 Å². The lowest BCUT2D eigenvalue weighted by molar-refractivity contribution is -0.139. The van der Waals surface area contributed by atoms with Crippen LogP contribution in [0.2, 0.25) is 0 Å². The van der Waals surface area contributed by atoms with Gasteiger partial charge in [-0.15, -0.1) is 0 Å². The predicted molar refractivity (Wildman–Crippen MR) is 63.6 cm³/mol. The molecule has 0 aliphatic carbocycles. The van der Waals surface area contributed by atoms with Crippen molar-refractivity contribution in [3.8, 4) is 5.75 Å². The van der Waals surface area contributed by atoms with E-state index >= 15 is 0 Å². The number of hydrogen-bond donors (Lipinski definition) is 2. The first kappa shape index (κ1) is 16.2. The molecule has 0 aliphatic heterocycles. The molecule has 0 spiro atoms. The van der Waals surface area contributed by atoms with Crippen LogP contribution in [0.5, 0.6) is 5.75 Å². The predicted octanol–water partition coefficient (Wildman–Crippen LogP) is 1.90. The molecule has 0 aromatic heterocycles. The Balaban J connectivity index is 2.50. The third-order valence-electron chi connectivity index (χ3n) is 2.32. The molecule has 1 atom stereocenters. The molecule has 1 amide bonds. The Labute approximate surface area is 112 Å². The summed E-state index contributed by atoms with van der Waals surface area (Å²) >= 11 is 0. The zero-order valence-electron chi connectivity index (χ0n) is 10.6. The molecule has 0 radical (unpaired) electrons. The Morgan fingerprint density at radius 1 is 1.45 bits per heavy atom. The highest BCUT2D eigenvalue weighted by Gasteiger charge is 2.27. The molecule has 0 heterocycles. The maximum atomic E-state index is 13.5. The molecule has 4 nitrogen and oxygen atoms in total. The highest BCUT2D eigenvalue weighted by molar-refractivity contribution is 5.77. The summed E-state index contributed by atoms with van der Waals surface area (Å²) in [5, 5.41) is 1.63. The van der Waals surface area contributed by atoms with Gasteiger partial charge in [0.15, 0.2) is 6.61 Å². The van der Waals surface area contributed by atoms with E-state index in [9.17, 15) is 22.4 Å². The van der Waals surface area contributed by atoms with E-state index in [2.05, 4.69) is 0 Å². The molecule has 0 fully saturated rings. The number of hydrogen-bond acceptors (Lipinski definition) is 3. The lowest BCUT2D eigenvalue weighted by Gasteiger charge is -2.11. The largest absolute Gasteiger partial charge is 0.484 e. The van der Waals surface area contributed by atoms with Gasteiger partial charge in [-0.3, -0.25) is 4.79 Å². The Hall–Kier alpha value is -1.83. The van der Waals surface area contributed by atoms with Gasteiger partial charge in [-0.05, 0) is 13.0 Å². The van der Waals surface area contributed by atoms with Crippen LogP contribution in [0.25, 0.3) is 0 Å². The minimum Gasteiger partial charge on any atom is -0.484 e. The number of halogens is 4. The number of alkyl halides is 3.